The highest BCUT2D eigenvalue weighted by atomic mass is 35.5. The van der Waals surface area contributed by atoms with Gasteiger partial charge in [0.25, 0.3) is 0 Å². The van der Waals surface area contributed by atoms with Gasteiger partial charge in [0.1, 0.15) is 5.75 Å². The van der Waals surface area contributed by atoms with E-state index in [1.54, 1.807) is 12.1 Å². The van der Waals surface area contributed by atoms with E-state index in [-0.39, 0.29) is 6.42 Å². The van der Waals surface area contributed by atoms with Crippen LogP contribution in [-0.2, 0) is 6.42 Å². The molecular weight excluding hydrogens is 209 g/mol. The van der Waals surface area contributed by atoms with Crippen LogP contribution in [0.5, 0.6) is 5.75 Å². The first kappa shape index (κ1) is 10.2. The molecule has 0 unspecified atom stereocenters. The fourth-order valence-electron chi connectivity index (χ4n) is 1.01. The lowest BCUT2D eigenvalue weighted by molar-refractivity contribution is 0.411. The molecule has 0 bridgehead atoms. The average molecular weight is 216 g/mol. The van der Waals surface area contributed by atoms with Crippen molar-refractivity contribution in [2.75, 3.05) is 7.11 Å². The molecule has 0 aliphatic rings. The van der Waals surface area contributed by atoms with E-state index in [2.05, 4.69) is 0 Å². The van der Waals surface area contributed by atoms with E-state index in [1.807, 2.05) is 6.07 Å². The summed E-state index contributed by atoms with van der Waals surface area (Å²) in [6.07, 6.45) is 0.197. The van der Waals surface area contributed by atoms with Gasteiger partial charge in [-0.3, -0.25) is 0 Å². The summed E-state index contributed by atoms with van der Waals surface area (Å²) in [6.45, 7) is 0. The topological polar surface area (TPSA) is 33.0 Å². The molecule has 0 radical (unpaired) electrons. The SMILES string of the molecule is COc1ccc(Cl)c(Cl)c1CC#N. The maximum absolute atomic E-state index is 8.55. The van der Waals surface area contributed by atoms with Crippen LogP contribution in [0, 0.1) is 11.3 Å². The quantitative estimate of drug-likeness (QED) is 0.760. The van der Waals surface area contributed by atoms with Gasteiger partial charge < -0.3 is 4.74 Å². The van der Waals surface area contributed by atoms with Crippen molar-refractivity contribution in [3.05, 3.63) is 27.7 Å². The molecule has 1 rings (SSSR count). The summed E-state index contributed by atoms with van der Waals surface area (Å²) in [5.41, 5.74) is 0.638. The standard InChI is InChI=1S/C9H7Cl2NO/c1-13-8-3-2-7(10)9(11)6(8)4-5-12/h2-3H,4H2,1H3. The summed E-state index contributed by atoms with van der Waals surface area (Å²) in [5, 5.41) is 9.38. The lowest BCUT2D eigenvalue weighted by Crippen LogP contribution is -1.92. The predicted molar refractivity (Wildman–Crippen MR) is 52.3 cm³/mol. The van der Waals surface area contributed by atoms with Gasteiger partial charge in [-0.1, -0.05) is 23.2 Å². The molecule has 0 aromatic heterocycles. The summed E-state index contributed by atoms with van der Waals surface area (Å²) in [4.78, 5) is 0. The minimum atomic E-state index is 0.197. The van der Waals surface area contributed by atoms with Crippen LogP contribution in [0.4, 0.5) is 0 Å². The normalized spacial score (nSPS) is 9.38. The van der Waals surface area contributed by atoms with Crippen LogP contribution < -0.4 is 4.74 Å². The molecule has 1 aromatic rings. The molecule has 0 atom stereocenters. The molecule has 1 aromatic carbocycles. The summed E-state index contributed by atoms with van der Waals surface area (Å²) < 4.78 is 5.04. The molecule has 4 heteroatoms. The van der Waals surface area contributed by atoms with Gasteiger partial charge in [0.15, 0.2) is 0 Å². The van der Waals surface area contributed by atoms with Gasteiger partial charge in [-0.05, 0) is 12.1 Å². The van der Waals surface area contributed by atoms with Crippen LogP contribution in [0.15, 0.2) is 12.1 Å². The summed E-state index contributed by atoms with van der Waals surface area (Å²) in [6, 6.07) is 5.34. The van der Waals surface area contributed by atoms with Gasteiger partial charge in [-0.25, -0.2) is 0 Å². The number of hydrogen-bond acceptors (Lipinski definition) is 2. The fourth-order valence-corrected chi connectivity index (χ4v) is 1.41. The van der Waals surface area contributed by atoms with Crippen LogP contribution in [0.1, 0.15) is 5.56 Å². The number of ether oxygens (including phenoxy) is 1. The first-order valence-corrected chi connectivity index (χ1v) is 4.34. The molecule has 0 fully saturated rings. The van der Waals surface area contributed by atoms with Crippen molar-refractivity contribution in [1.29, 1.82) is 5.26 Å². The number of nitrogens with zero attached hydrogens (tertiary/aromatic N) is 1. The molecule has 0 heterocycles. The Bertz CT molecular complexity index is 357. The average Bonchev–Trinajstić information content (AvgIpc) is 2.14. The zero-order valence-corrected chi connectivity index (χ0v) is 8.49. The van der Waals surface area contributed by atoms with Crippen molar-refractivity contribution in [3.8, 4) is 11.8 Å². The number of methoxy groups -OCH3 is 1. The molecule has 68 valence electrons. The zero-order valence-electron chi connectivity index (χ0n) is 6.97. The Labute approximate surface area is 86.6 Å². The fraction of sp³-hybridized carbons (Fsp3) is 0.222. The van der Waals surface area contributed by atoms with Crippen molar-refractivity contribution in [2.24, 2.45) is 0 Å². The number of benzene rings is 1. The number of hydrogen-bond donors (Lipinski definition) is 0. The second kappa shape index (κ2) is 4.36. The highest BCUT2D eigenvalue weighted by Gasteiger charge is 2.10. The monoisotopic (exact) mass is 215 g/mol. The van der Waals surface area contributed by atoms with Crippen LogP contribution >= 0.6 is 23.2 Å². The highest BCUT2D eigenvalue weighted by molar-refractivity contribution is 6.42. The smallest absolute Gasteiger partial charge is 0.124 e. The van der Waals surface area contributed by atoms with Crippen LogP contribution in [0.2, 0.25) is 10.0 Å². The third kappa shape index (κ3) is 2.06. The molecule has 0 N–H and O–H groups in total. The lowest BCUT2D eigenvalue weighted by atomic mass is 10.1. The van der Waals surface area contributed by atoms with E-state index in [1.165, 1.54) is 7.11 Å². The molecule has 0 saturated carbocycles. The van der Waals surface area contributed by atoms with Gasteiger partial charge in [0, 0.05) is 5.56 Å². The van der Waals surface area contributed by atoms with E-state index in [0.717, 1.165) is 0 Å². The Kier molecular flexibility index (Phi) is 3.41. The van der Waals surface area contributed by atoms with E-state index >= 15 is 0 Å². The van der Waals surface area contributed by atoms with Crippen molar-refractivity contribution in [2.45, 2.75) is 6.42 Å². The number of rotatable bonds is 2. The summed E-state index contributed by atoms with van der Waals surface area (Å²) in [7, 11) is 1.53. The van der Waals surface area contributed by atoms with Crippen LogP contribution in [-0.4, -0.2) is 7.11 Å². The first-order chi connectivity index (χ1) is 6.20. The number of nitriles is 1. The second-order valence-corrected chi connectivity index (χ2v) is 3.16. The summed E-state index contributed by atoms with van der Waals surface area (Å²) in [5.74, 6) is 0.593. The van der Waals surface area contributed by atoms with Crippen molar-refractivity contribution < 1.29 is 4.74 Å². The van der Waals surface area contributed by atoms with Crippen molar-refractivity contribution in [1.82, 2.24) is 0 Å². The first-order valence-electron chi connectivity index (χ1n) is 3.58. The highest BCUT2D eigenvalue weighted by Crippen LogP contribution is 2.32. The van der Waals surface area contributed by atoms with Gasteiger partial charge in [0.05, 0.1) is 29.6 Å². The van der Waals surface area contributed by atoms with Gasteiger partial charge >= 0.3 is 0 Å². The Morgan fingerprint density at radius 2 is 2.15 bits per heavy atom. The molecule has 0 saturated heterocycles. The largest absolute Gasteiger partial charge is 0.496 e. The van der Waals surface area contributed by atoms with Crippen molar-refractivity contribution in [3.63, 3.8) is 0 Å². The van der Waals surface area contributed by atoms with E-state index in [4.69, 9.17) is 33.2 Å². The zero-order chi connectivity index (χ0) is 9.84. The third-order valence-corrected chi connectivity index (χ3v) is 2.47. The minimum Gasteiger partial charge on any atom is -0.496 e. The van der Waals surface area contributed by atoms with Crippen LogP contribution in [0.3, 0.4) is 0 Å². The Hall–Kier alpha value is -0.910. The molecular formula is C9H7Cl2NO. The lowest BCUT2D eigenvalue weighted by Gasteiger charge is -2.08. The molecule has 0 aliphatic heterocycles. The second-order valence-electron chi connectivity index (χ2n) is 2.38. The minimum absolute atomic E-state index is 0.197. The number of halogens is 2. The van der Waals surface area contributed by atoms with E-state index in [0.29, 0.717) is 21.4 Å². The van der Waals surface area contributed by atoms with Gasteiger partial charge in [-0.15, -0.1) is 0 Å². The Balaban J connectivity index is 3.25. The van der Waals surface area contributed by atoms with Gasteiger partial charge in [-0.2, -0.15) is 5.26 Å². The van der Waals surface area contributed by atoms with Crippen molar-refractivity contribution >= 4 is 23.2 Å². The Morgan fingerprint density at radius 3 is 2.69 bits per heavy atom. The predicted octanol–water partition coefficient (Wildman–Crippen LogP) is 3.07. The van der Waals surface area contributed by atoms with E-state index < -0.39 is 0 Å². The molecule has 0 amide bonds. The van der Waals surface area contributed by atoms with Gasteiger partial charge in [0.2, 0.25) is 0 Å². The molecule has 13 heavy (non-hydrogen) atoms. The third-order valence-electron chi connectivity index (χ3n) is 1.63. The molecule has 0 spiro atoms. The Morgan fingerprint density at radius 1 is 1.46 bits per heavy atom. The molecule has 2 nitrogen and oxygen atoms in total. The summed E-state index contributed by atoms with van der Waals surface area (Å²) >= 11 is 11.7. The maximum atomic E-state index is 8.55. The maximum Gasteiger partial charge on any atom is 0.124 e. The molecule has 0 aliphatic carbocycles. The van der Waals surface area contributed by atoms with Crippen LogP contribution in [0.25, 0.3) is 0 Å². The van der Waals surface area contributed by atoms with E-state index in [9.17, 15) is 0 Å².